The molecule has 0 aromatic heterocycles. The van der Waals surface area contributed by atoms with Gasteiger partial charge in [-0.25, -0.2) is 0 Å². The molecule has 0 aliphatic carbocycles. The minimum absolute atomic E-state index is 0.0514. The fraction of sp³-hybridized carbons (Fsp3) is 0.0667. The van der Waals surface area contributed by atoms with E-state index in [0.717, 1.165) is 3.57 Å². The van der Waals surface area contributed by atoms with Crippen LogP contribution in [0, 0.1) is 3.57 Å². The molecule has 0 heterocycles. The number of halogens is 2. The molecule has 0 saturated heterocycles. The molecule has 102 valence electrons. The summed E-state index contributed by atoms with van der Waals surface area (Å²) in [4.78, 5) is 23.9. The van der Waals surface area contributed by atoms with E-state index in [1.807, 2.05) is 12.1 Å². The molecule has 0 aliphatic rings. The zero-order valence-corrected chi connectivity index (χ0v) is 13.3. The Kier molecular flexibility index (Phi) is 5.14. The van der Waals surface area contributed by atoms with Crippen LogP contribution in [-0.4, -0.2) is 18.2 Å². The molecule has 0 unspecified atom stereocenters. The summed E-state index contributed by atoms with van der Waals surface area (Å²) in [5.41, 5.74) is 1.05. The van der Waals surface area contributed by atoms with Crippen molar-refractivity contribution >= 4 is 45.9 Å². The summed E-state index contributed by atoms with van der Waals surface area (Å²) in [6, 6.07) is 13.9. The maximum Gasteiger partial charge on any atom is 0.252 e. The van der Waals surface area contributed by atoms with Gasteiger partial charge in [-0.3, -0.25) is 9.59 Å². The number of hydrogen-bond acceptors (Lipinski definition) is 2. The summed E-state index contributed by atoms with van der Waals surface area (Å²) >= 11 is 7.91. The molecule has 2 aromatic rings. The van der Waals surface area contributed by atoms with Crippen molar-refractivity contribution in [2.24, 2.45) is 0 Å². The van der Waals surface area contributed by atoms with Crippen LogP contribution in [0.15, 0.2) is 48.5 Å². The third kappa shape index (κ3) is 3.80. The minimum Gasteiger partial charge on any atom is -0.345 e. The molecule has 1 N–H and O–H groups in total. The zero-order valence-electron chi connectivity index (χ0n) is 10.4. The van der Waals surface area contributed by atoms with Gasteiger partial charge in [-0.1, -0.05) is 35.9 Å². The van der Waals surface area contributed by atoms with Crippen LogP contribution >= 0.6 is 34.2 Å². The van der Waals surface area contributed by atoms with E-state index in [2.05, 4.69) is 27.9 Å². The van der Waals surface area contributed by atoms with Crippen molar-refractivity contribution in [1.29, 1.82) is 0 Å². The van der Waals surface area contributed by atoms with E-state index in [1.54, 1.807) is 36.4 Å². The van der Waals surface area contributed by atoms with E-state index in [4.69, 9.17) is 11.6 Å². The lowest BCUT2D eigenvalue weighted by Gasteiger charge is -2.06. The topological polar surface area (TPSA) is 46.2 Å². The Morgan fingerprint density at radius 1 is 1.10 bits per heavy atom. The Labute approximate surface area is 135 Å². The summed E-state index contributed by atoms with van der Waals surface area (Å²) in [7, 11) is 0. The van der Waals surface area contributed by atoms with Gasteiger partial charge in [0.25, 0.3) is 5.91 Å². The van der Waals surface area contributed by atoms with Gasteiger partial charge in [0.15, 0.2) is 5.78 Å². The minimum atomic E-state index is -0.259. The monoisotopic (exact) mass is 399 g/mol. The van der Waals surface area contributed by atoms with Crippen molar-refractivity contribution in [2.45, 2.75) is 0 Å². The highest BCUT2D eigenvalue weighted by Gasteiger charge is 2.12. The van der Waals surface area contributed by atoms with Gasteiger partial charge in [-0.2, -0.15) is 0 Å². The number of nitrogens with one attached hydrogen (secondary N) is 1. The smallest absolute Gasteiger partial charge is 0.252 e. The lowest BCUT2D eigenvalue weighted by atomic mass is 10.1. The normalized spacial score (nSPS) is 10.1. The number of carbonyl (C=O) groups is 2. The number of benzene rings is 2. The number of hydrogen-bond donors (Lipinski definition) is 1. The van der Waals surface area contributed by atoms with Crippen molar-refractivity contribution in [3.8, 4) is 0 Å². The molecule has 0 radical (unpaired) electrons. The van der Waals surface area contributed by atoms with Crippen LogP contribution in [0.2, 0.25) is 5.02 Å². The van der Waals surface area contributed by atoms with Gasteiger partial charge in [-0.05, 0) is 46.9 Å². The Hall–Kier alpha value is -1.40. The lowest BCUT2D eigenvalue weighted by Crippen LogP contribution is -2.30. The third-order valence-electron chi connectivity index (χ3n) is 2.67. The lowest BCUT2D eigenvalue weighted by molar-refractivity contribution is 0.0903. The van der Waals surface area contributed by atoms with Crippen LogP contribution in [0.1, 0.15) is 20.7 Å². The maximum absolute atomic E-state index is 12.0. The van der Waals surface area contributed by atoms with Gasteiger partial charge in [0.1, 0.15) is 0 Å². The Bertz CT molecular complexity index is 658. The Morgan fingerprint density at radius 2 is 1.85 bits per heavy atom. The molecule has 0 atom stereocenters. The van der Waals surface area contributed by atoms with Crippen molar-refractivity contribution in [3.05, 3.63) is 68.3 Å². The van der Waals surface area contributed by atoms with Crippen LogP contribution < -0.4 is 5.32 Å². The largest absolute Gasteiger partial charge is 0.345 e. The van der Waals surface area contributed by atoms with Crippen molar-refractivity contribution in [2.75, 3.05) is 6.54 Å². The summed E-state index contributed by atoms with van der Waals surface area (Å²) in [6.07, 6.45) is 0. The second-order valence-electron chi connectivity index (χ2n) is 4.10. The molecule has 5 heteroatoms. The third-order valence-corrected chi connectivity index (χ3v) is 3.85. The number of rotatable bonds is 4. The number of ketones is 1. The van der Waals surface area contributed by atoms with Crippen LogP contribution in [0.5, 0.6) is 0 Å². The highest BCUT2D eigenvalue weighted by atomic mass is 127. The van der Waals surface area contributed by atoms with E-state index in [9.17, 15) is 9.59 Å². The molecular formula is C15H11ClINO2. The van der Waals surface area contributed by atoms with Gasteiger partial charge in [0, 0.05) is 14.2 Å². The highest BCUT2D eigenvalue weighted by Crippen LogP contribution is 2.12. The SMILES string of the molecule is O=C(CNC(=O)c1ccccc1I)c1cccc(Cl)c1. The molecule has 3 nitrogen and oxygen atoms in total. The molecule has 1 amide bonds. The zero-order chi connectivity index (χ0) is 14.5. The number of amides is 1. The Balaban J connectivity index is 2.01. The first kappa shape index (κ1) is 15.0. The number of carbonyl (C=O) groups excluding carboxylic acids is 2. The predicted molar refractivity (Wildman–Crippen MR) is 87.3 cm³/mol. The highest BCUT2D eigenvalue weighted by molar-refractivity contribution is 14.1. The van der Waals surface area contributed by atoms with E-state index in [1.165, 1.54) is 0 Å². The first-order chi connectivity index (χ1) is 9.58. The van der Waals surface area contributed by atoms with E-state index >= 15 is 0 Å². The second-order valence-corrected chi connectivity index (χ2v) is 5.69. The van der Waals surface area contributed by atoms with Crippen molar-refractivity contribution < 1.29 is 9.59 Å². The first-order valence-electron chi connectivity index (χ1n) is 5.89. The molecule has 0 saturated carbocycles. The summed E-state index contributed by atoms with van der Waals surface area (Å²) < 4.78 is 0.845. The second kappa shape index (κ2) is 6.85. The average molecular weight is 400 g/mol. The van der Waals surface area contributed by atoms with Crippen molar-refractivity contribution in [3.63, 3.8) is 0 Å². The number of Topliss-reactive ketones (excluding diaryl/α,β-unsaturated/α-hetero) is 1. The van der Waals surface area contributed by atoms with E-state index in [0.29, 0.717) is 16.1 Å². The molecule has 0 bridgehead atoms. The van der Waals surface area contributed by atoms with Gasteiger partial charge in [-0.15, -0.1) is 0 Å². The maximum atomic E-state index is 12.0. The van der Waals surface area contributed by atoms with Gasteiger partial charge >= 0.3 is 0 Å². The quantitative estimate of drug-likeness (QED) is 0.631. The van der Waals surface area contributed by atoms with Crippen LogP contribution in [0.25, 0.3) is 0 Å². The average Bonchev–Trinajstić information content (AvgIpc) is 2.45. The van der Waals surface area contributed by atoms with Crippen molar-refractivity contribution in [1.82, 2.24) is 5.32 Å². The van der Waals surface area contributed by atoms with Crippen LogP contribution in [0.3, 0.4) is 0 Å². The molecule has 20 heavy (non-hydrogen) atoms. The summed E-state index contributed by atoms with van der Waals surface area (Å²) in [6.45, 7) is -0.0514. The predicted octanol–water partition coefficient (Wildman–Crippen LogP) is 3.56. The van der Waals surface area contributed by atoms with E-state index < -0.39 is 0 Å². The Morgan fingerprint density at radius 3 is 2.55 bits per heavy atom. The fourth-order valence-corrected chi connectivity index (χ4v) is 2.49. The van der Waals surface area contributed by atoms with Crippen LogP contribution in [-0.2, 0) is 0 Å². The van der Waals surface area contributed by atoms with Crippen LogP contribution in [0.4, 0.5) is 0 Å². The van der Waals surface area contributed by atoms with Gasteiger partial charge < -0.3 is 5.32 Å². The van der Waals surface area contributed by atoms with Gasteiger partial charge in [0.2, 0.25) is 0 Å². The summed E-state index contributed by atoms with van der Waals surface area (Å²) in [5.74, 6) is -0.433. The molecule has 0 aliphatic heterocycles. The molecular weight excluding hydrogens is 389 g/mol. The fourth-order valence-electron chi connectivity index (χ4n) is 1.67. The first-order valence-corrected chi connectivity index (χ1v) is 7.35. The molecule has 2 rings (SSSR count). The van der Waals surface area contributed by atoms with E-state index in [-0.39, 0.29) is 18.2 Å². The standard InChI is InChI=1S/C15H11ClINO2/c16-11-5-3-4-10(8-11)14(19)9-18-15(20)12-6-1-2-7-13(12)17/h1-8H,9H2,(H,18,20). The van der Waals surface area contributed by atoms with Gasteiger partial charge in [0.05, 0.1) is 12.1 Å². The molecule has 0 fully saturated rings. The molecule has 0 spiro atoms. The molecule has 2 aromatic carbocycles. The summed E-state index contributed by atoms with van der Waals surface area (Å²) in [5, 5.41) is 3.12.